The first-order valence-corrected chi connectivity index (χ1v) is 6.43. The van der Waals surface area contributed by atoms with Crippen LogP contribution in [0.1, 0.15) is 29.7 Å². The summed E-state index contributed by atoms with van der Waals surface area (Å²) >= 11 is 0. The molecule has 3 rings (SSSR count). The highest BCUT2D eigenvalue weighted by Gasteiger charge is 2.26. The molecule has 20 heavy (non-hydrogen) atoms. The number of para-hydroxylation sites is 1. The number of anilines is 1. The van der Waals surface area contributed by atoms with E-state index < -0.39 is 11.0 Å². The molecule has 1 aliphatic rings. The zero-order valence-electron chi connectivity index (χ0n) is 10.7. The minimum absolute atomic E-state index is 0.0673. The maximum absolute atomic E-state index is 10.8. The topological polar surface area (TPSA) is 75.4 Å². The Bertz CT molecular complexity index is 657. The van der Waals surface area contributed by atoms with Gasteiger partial charge >= 0.3 is 0 Å². The number of nitrogens with one attached hydrogen (secondary N) is 1. The number of fused-ring (bicyclic) bond motifs is 1. The Balaban J connectivity index is 1.93. The number of hydrogen-bond acceptors (Lipinski definition) is 4. The molecule has 0 bridgehead atoms. The van der Waals surface area contributed by atoms with Gasteiger partial charge in [-0.2, -0.15) is 0 Å². The van der Waals surface area contributed by atoms with Crippen molar-refractivity contribution in [1.29, 1.82) is 0 Å². The Labute approximate surface area is 116 Å². The van der Waals surface area contributed by atoms with Gasteiger partial charge < -0.3 is 10.4 Å². The van der Waals surface area contributed by atoms with E-state index in [4.69, 9.17) is 0 Å². The van der Waals surface area contributed by atoms with E-state index in [9.17, 15) is 15.2 Å². The summed E-state index contributed by atoms with van der Waals surface area (Å²) < 4.78 is 0. The van der Waals surface area contributed by atoms with Gasteiger partial charge in [0.25, 0.3) is 5.69 Å². The first kappa shape index (κ1) is 12.6. The first-order valence-electron chi connectivity index (χ1n) is 6.43. The van der Waals surface area contributed by atoms with Gasteiger partial charge in [-0.1, -0.05) is 30.3 Å². The van der Waals surface area contributed by atoms with Crippen LogP contribution >= 0.6 is 0 Å². The Morgan fingerprint density at radius 1 is 1.20 bits per heavy atom. The fourth-order valence-corrected chi connectivity index (χ4v) is 2.59. The number of rotatable bonds is 2. The lowest BCUT2D eigenvalue weighted by atomic mass is 9.91. The van der Waals surface area contributed by atoms with Crippen molar-refractivity contribution in [2.24, 2.45) is 0 Å². The fraction of sp³-hybridized carbons (Fsp3) is 0.200. The summed E-state index contributed by atoms with van der Waals surface area (Å²) in [5.41, 5.74) is 2.63. The fourth-order valence-electron chi connectivity index (χ4n) is 2.59. The molecule has 0 fully saturated rings. The zero-order chi connectivity index (χ0) is 14.1. The summed E-state index contributed by atoms with van der Waals surface area (Å²) in [6.45, 7) is 0. The molecule has 5 heteroatoms. The van der Waals surface area contributed by atoms with Gasteiger partial charge in [0.2, 0.25) is 0 Å². The van der Waals surface area contributed by atoms with E-state index in [1.54, 1.807) is 12.1 Å². The Hall–Kier alpha value is -2.40. The van der Waals surface area contributed by atoms with E-state index >= 15 is 0 Å². The third-order valence-electron chi connectivity index (χ3n) is 3.59. The van der Waals surface area contributed by atoms with Gasteiger partial charge in [-0.3, -0.25) is 10.1 Å². The quantitative estimate of drug-likeness (QED) is 0.649. The average Bonchev–Trinajstić information content (AvgIpc) is 2.47. The molecule has 0 aliphatic carbocycles. The highest BCUT2D eigenvalue weighted by molar-refractivity contribution is 5.56. The summed E-state index contributed by atoms with van der Waals surface area (Å²) in [6.07, 6.45) is -0.0604. The molecule has 102 valence electrons. The standard InChI is InChI=1S/C15H14N2O3/c18-15-9-14(16-13-7-2-1-6-12(13)15)10-4-3-5-11(8-10)17(19)20/h1-8,14-16,18H,9H2. The van der Waals surface area contributed by atoms with Crippen molar-refractivity contribution in [3.63, 3.8) is 0 Å². The van der Waals surface area contributed by atoms with Crippen LogP contribution in [0.3, 0.4) is 0 Å². The zero-order valence-corrected chi connectivity index (χ0v) is 10.7. The van der Waals surface area contributed by atoms with Gasteiger partial charge in [0.15, 0.2) is 0 Å². The van der Waals surface area contributed by atoms with Crippen LogP contribution in [-0.2, 0) is 0 Å². The highest BCUT2D eigenvalue weighted by Crippen LogP contribution is 2.39. The maximum Gasteiger partial charge on any atom is 0.269 e. The Kier molecular flexibility index (Phi) is 3.12. The molecule has 5 nitrogen and oxygen atoms in total. The Morgan fingerprint density at radius 3 is 2.80 bits per heavy atom. The molecule has 2 atom stereocenters. The van der Waals surface area contributed by atoms with Crippen LogP contribution in [-0.4, -0.2) is 10.0 Å². The minimum atomic E-state index is -0.559. The van der Waals surface area contributed by atoms with Crippen molar-refractivity contribution in [1.82, 2.24) is 0 Å². The molecule has 2 unspecified atom stereocenters. The normalized spacial score (nSPS) is 20.9. The third-order valence-corrected chi connectivity index (χ3v) is 3.59. The number of nitro benzene ring substituents is 1. The predicted molar refractivity (Wildman–Crippen MR) is 75.5 cm³/mol. The Morgan fingerprint density at radius 2 is 2.00 bits per heavy atom. The van der Waals surface area contributed by atoms with Gasteiger partial charge in [0.05, 0.1) is 17.1 Å². The van der Waals surface area contributed by atoms with Gasteiger partial charge in [-0.15, -0.1) is 0 Å². The molecule has 2 N–H and O–H groups in total. The van der Waals surface area contributed by atoms with E-state index in [1.807, 2.05) is 30.3 Å². The molecular weight excluding hydrogens is 256 g/mol. The summed E-state index contributed by atoms with van der Waals surface area (Å²) in [7, 11) is 0. The van der Waals surface area contributed by atoms with Crippen molar-refractivity contribution >= 4 is 11.4 Å². The van der Waals surface area contributed by atoms with E-state index in [0.29, 0.717) is 6.42 Å². The van der Waals surface area contributed by atoms with Crippen LogP contribution in [0.25, 0.3) is 0 Å². The molecule has 0 spiro atoms. The molecule has 0 aromatic heterocycles. The molecule has 0 radical (unpaired) electrons. The van der Waals surface area contributed by atoms with Crippen molar-refractivity contribution in [3.05, 3.63) is 69.8 Å². The smallest absolute Gasteiger partial charge is 0.269 e. The van der Waals surface area contributed by atoms with E-state index in [0.717, 1.165) is 16.8 Å². The molecular formula is C15H14N2O3. The van der Waals surface area contributed by atoms with E-state index in [2.05, 4.69) is 5.32 Å². The second-order valence-electron chi connectivity index (χ2n) is 4.89. The van der Waals surface area contributed by atoms with Crippen molar-refractivity contribution in [2.75, 3.05) is 5.32 Å². The van der Waals surface area contributed by atoms with Crippen molar-refractivity contribution in [2.45, 2.75) is 18.6 Å². The lowest BCUT2D eigenvalue weighted by Gasteiger charge is -2.30. The van der Waals surface area contributed by atoms with Gasteiger partial charge in [-0.25, -0.2) is 0 Å². The summed E-state index contributed by atoms with van der Waals surface area (Å²) in [4.78, 5) is 10.4. The number of aliphatic hydroxyl groups is 1. The van der Waals surface area contributed by atoms with Crippen molar-refractivity contribution in [3.8, 4) is 0 Å². The SMILES string of the molecule is O=[N+]([O-])c1cccc(C2CC(O)c3ccccc3N2)c1. The van der Waals surface area contributed by atoms with Crippen LogP contribution in [0.15, 0.2) is 48.5 Å². The second-order valence-corrected chi connectivity index (χ2v) is 4.89. The van der Waals surface area contributed by atoms with E-state index in [-0.39, 0.29) is 11.7 Å². The molecule has 2 aromatic rings. The molecule has 0 amide bonds. The highest BCUT2D eigenvalue weighted by atomic mass is 16.6. The van der Waals surface area contributed by atoms with Gasteiger partial charge in [-0.05, 0) is 11.6 Å². The number of hydrogen-bond donors (Lipinski definition) is 2. The summed E-state index contributed by atoms with van der Waals surface area (Å²) in [5.74, 6) is 0. The summed E-state index contributed by atoms with van der Waals surface area (Å²) in [6, 6.07) is 14.0. The first-order chi connectivity index (χ1) is 9.65. The number of nitro groups is 1. The molecule has 0 saturated heterocycles. The minimum Gasteiger partial charge on any atom is -0.388 e. The lowest BCUT2D eigenvalue weighted by Crippen LogP contribution is -2.21. The van der Waals surface area contributed by atoms with E-state index in [1.165, 1.54) is 6.07 Å². The number of benzene rings is 2. The molecule has 1 aliphatic heterocycles. The number of non-ortho nitro benzene ring substituents is 1. The monoisotopic (exact) mass is 270 g/mol. The van der Waals surface area contributed by atoms with Crippen LogP contribution in [0.5, 0.6) is 0 Å². The van der Waals surface area contributed by atoms with Crippen LogP contribution in [0, 0.1) is 10.1 Å². The predicted octanol–water partition coefficient (Wildman–Crippen LogP) is 3.19. The van der Waals surface area contributed by atoms with Crippen LogP contribution in [0.4, 0.5) is 11.4 Å². The van der Waals surface area contributed by atoms with Crippen molar-refractivity contribution < 1.29 is 10.0 Å². The lowest BCUT2D eigenvalue weighted by molar-refractivity contribution is -0.384. The maximum atomic E-state index is 10.8. The van der Waals surface area contributed by atoms with Gasteiger partial charge in [0.1, 0.15) is 0 Å². The number of nitrogens with zero attached hydrogens (tertiary/aromatic N) is 1. The molecule has 0 saturated carbocycles. The second kappa shape index (κ2) is 4.94. The largest absolute Gasteiger partial charge is 0.388 e. The molecule has 1 heterocycles. The van der Waals surface area contributed by atoms with Crippen LogP contribution < -0.4 is 5.32 Å². The summed E-state index contributed by atoms with van der Waals surface area (Å²) in [5, 5.41) is 24.4. The average molecular weight is 270 g/mol. The number of aliphatic hydroxyl groups excluding tert-OH is 1. The molecule has 2 aromatic carbocycles. The van der Waals surface area contributed by atoms with Gasteiger partial charge in [0, 0.05) is 29.8 Å². The van der Waals surface area contributed by atoms with Crippen LogP contribution in [0.2, 0.25) is 0 Å². The third kappa shape index (κ3) is 2.23.